The van der Waals surface area contributed by atoms with Crippen LogP contribution in [-0.2, 0) is 22.8 Å². The predicted octanol–water partition coefficient (Wildman–Crippen LogP) is 3.59. The molecule has 0 bridgehead atoms. The van der Waals surface area contributed by atoms with E-state index in [2.05, 4.69) is 58.9 Å². The smallest absolute Gasteiger partial charge is 0.308 e. The van der Waals surface area contributed by atoms with E-state index in [0.29, 0.717) is 13.0 Å². The van der Waals surface area contributed by atoms with Crippen molar-refractivity contribution >= 4 is 30.9 Å². The second-order valence-electron chi connectivity index (χ2n) is 9.12. The summed E-state index contributed by atoms with van der Waals surface area (Å²) in [4.78, 5) is 11.9. The molecule has 23 heavy (non-hydrogen) atoms. The largest absolute Gasteiger partial charge is 0.457 e. The Labute approximate surface area is 144 Å². The fraction of sp³-hybridized carbons (Fsp3) is 0.933. The van der Waals surface area contributed by atoms with Crippen LogP contribution in [0.5, 0.6) is 0 Å². The second-order valence-corrected chi connectivity index (χ2v) is 22.6. The highest BCUT2D eigenvalue weighted by Gasteiger charge is 2.45. The lowest BCUT2D eigenvalue weighted by atomic mass is 10.1. The van der Waals surface area contributed by atoms with Gasteiger partial charge in [0.15, 0.2) is 31.1 Å². The van der Waals surface area contributed by atoms with E-state index in [-0.39, 0.29) is 24.3 Å². The number of carbonyl (C=O) groups excluding carboxylic acids is 1. The van der Waals surface area contributed by atoms with Gasteiger partial charge in [0, 0.05) is 0 Å². The van der Waals surface area contributed by atoms with E-state index >= 15 is 0 Å². The molecule has 0 radical (unpaired) electrons. The van der Waals surface area contributed by atoms with Gasteiger partial charge in [0.05, 0.1) is 19.1 Å². The van der Waals surface area contributed by atoms with Crippen molar-refractivity contribution in [2.45, 2.75) is 83.7 Å². The Hall–Kier alpha value is 0.000649. The van der Waals surface area contributed by atoms with Crippen LogP contribution in [-0.4, -0.2) is 55.8 Å². The van der Waals surface area contributed by atoms with Crippen LogP contribution in [0.15, 0.2) is 0 Å². The first-order valence-corrected chi connectivity index (χ1v) is 18.6. The summed E-state index contributed by atoms with van der Waals surface area (Å²) in [6, 6.07) is 0. The lowest BCUT2D eigenvalue weighted by molar-refractivity contribution is -0.146. The maximum atomic E-state index is 11.9. The lowest BCUT2D eigenvalue weighted by Crippen LogP contribution is -2.49. The van der Waals surface area contributed by atoms with Gasteiger partial charge in [-0.05, 0) is 58.9 Å². The summed E-state index contributed by atoms with van der Waals surface area (Å²) in [6.07, 6.45) is -0.521. The van der Waals surface area contributed by atoms with E-state index in [0.717, 1.165) is 0 Å². The molecule has 136 valence electrons. The van der Waals surface area contributed by atoms with Crippen LogP contribution in [0.2, 0.25) is 58.9 Å². The number of hydrogen-bond donors (Lipinski definition) is 0. The van der Waals surface area contributed by atoms with Crippen molar-refractivity contribution in [3.8, 4) is 0 Å². The minimum absolute atomic E-state index is 0.199. The molecule has 0 saturated carbocycles. The molecule has 0 aromatic carbocycles. The number of esters is 1. The molecule has 1 fully saturated rings. The van der Waals surface area contributed by atoms with Crippen LogP contribution in [0.4, 0.5) is 0 Å². The molecule has 0 aromatic rings. The molecule has 0 aromatic heterocycles. The van der Waals surface area contributed by atoms with Crippen molar-refractivity contribution in [3.63, 3.8) is 0 Å². The minimum atomic E-state index is -1.79. The SMILES string of the molecule is C[Si](C)(C)OCC(O[Si](C)(C)C)[C@@H]1OC(=O)C[C@@H]1O[Si](C)(C)C. The van der Waals surface area contributed by atoms with Crippen molar-refractivity contribution in [1.29, 1.82) is 0 Å². The Kier molecular flexibility index (Phi) is 6.85. The van der Waals surface area contributed by atoms with E-state index in [1.54, 1.807) is 0 Å². The molecule has 0 aliphatic carbocycles. The summed E-state index contributed by atoms with van der Waals surface area (Å²) in [5.74, 6) is -0.199. The third kappa shape index (κ3) is 8.59. The van der Waals surface area contributed by atoms with Crippen LogP contribution in [0.25, 0.3) is 0 Å². The van der Waals surface area contributed by atoms with Gasteiger partial charge in [-0.25, -0.2) is 0 Å². The van der Waals surface area contributed by atoms with Gasteiger partial charge in [-0.15, -0.1) is 0 Å². The highest BCUT2D eigenvalue weighted by atomic mass is 28.4. The van der Waals surface area contributed by atoms with Crippen molar-refractivity contribution in [3.05, 3.63) is 0 Å². The number of ether oxygens (including phenoxy) is 1. The van der Waals surface area contributed by atoms with E-state index in [1.165, 1.54) is 0 Å². The molecule has 5 nitrogen and oxygen atoms in total. The average Bonchev–Trinajstić information content (AvgIpc) is 2.60. The van der Waals surface area contributed by atoms with Crippen molar-refractivity contribution in [1.82, 2.24) is 0 Å². The Morgan fingerprint density at radius 2 is 1.57 bits per heavy atom. The molecule has 0 N–H and O–H groups in total. The summed E-state index contributed by atoms with van der Waals surface area (Å²) in [7, 11) is -5.23. The van der Waals surface area contributed by atoms with E-state index in [9.17, 15) is 4.79 Å². The van der Waals surface area contributed by atoms with Crippen LogP contribution < -0.4 is 0 Å². The van der Waals surface area contributed by atoms with E-state index in [4.69, 9.17) is 18.0 Å². The van der Waals surface area contributed by atoms with Gasteiger partial charge in [0.25, 0.3) is 0 Å². The molecule has 1 saturated heterocycles. The Morgan fingerprint density at radius 3 is 2.00 bits per heavy atom. The molecule has 1 unspecified atom stereocenters. The molecule has 1 rings (SSSR count). The van der Waals surface area contributed by atoms with E-state index in [1.807, 2.05) is 0 Å². The van der Waals surface area contributed by atoms with Crippen molar-refractivity contribution in [2.24, 2.45) is 0 Å². The zero-order valence-electron chi connectivity index (χ0n) is 16.2. The highest BCUT2D eigenvalue weighted by Crippen LogP contribution is 2.28. The fourth-order valence-corrected chi connectivity index (χ4v) is 5.32. The van der Waals surface area contributed by atoms with Crippen LogP contribution in [0.3, 0.4) is 0 Å². The number of hydrogen-bond acceptors (Lipinski definition) is 5. The van der Waals surface area contributed by atoms with Crippen LogP contribution in [0, 0.1) is 0 Å². The lowest BCUT2D eigenvalue weighted by Gasteiger charge is -2.35. The summed E-state index contributed by atoms with van der Waals surface area (Å²) < 4.78 is 24.1. The van der Waals surface area contributed by atoms with Crippen molar-refractivity contribution < 1.29 is 22.8 Å². The fourth-order valence-electron chi connectivity index (χ4n) is 2.42. The summed E-state index contributed by atoms with van der Waals surface area (Å²) in [5.41, 5.74) is 0. The first kappa shape index (κ1) is 21.0. The average molecular weight is 379 g/mol. The van der Waals surface area contributed by atoms with Crippen molar-refractivity contribution in [2.75, 3.05) is 6.61 Å². The molecule has 1 heterocycles. The van der Waals surface area contributed by atoms with Crippen LogP contribution >= 0.6 is 0 Å². The number of rotatable bonds is 8. The Balaban J connectivity index is 2.90. The molecule has 0 amide bonds. The summed E-state index contributed by atoms with van der Waals surface area (Å²) in [5, 5.41) is 0. The normalized spacial score (nSPS) is 24.7. The first-order valence-electron chi connectivity index (χ1n) is 8.35. The third-order valence-electron chi connectivity index (χ3n) is 3.06. The Bertz CT molecular complexity index is 409. The maximum Gasteiger partial charge on any atom is 0.308 e. The molecule has 1 aliphatic heterocycles. The van der Waals surface area contributed by atoms with Gasteiger partial charge in [-0.3, -0.25) is 4.79 Å². The molecular weight excluding hydrogens is 344 g/mol. The van der Waals surface area contributed by atoms with Gasteiger partial charge >= 0.3 is 5.97 Å². The van der Waals surface area contributed by atoms with Gasteiger partial charge in [0.1, 0.15) is 6.10 Å². The number of cyclic esters (lactones) is 1. The van der Waals surface area contributed by atoms with Gasteiger partial charge in [-0.2, -0.15) is 0 Å². The molecule has 1 aliphatic rings. The van der Waals surface area contributed by atoms with Gasteiger partial charge in [-0.1, -0.05) is 0 Å². The third-order valence-corrected chi connectivity index (χ3v) is 6.11. The summed E-state index contributed by atoms with van der Waals surface area (Å²) in [6.45, 7) is 19.7. The van der Waals surface area contributed by atoms with Crippen LogP contribution in [0.1, 0.15) is 6.42 Å². The zero-order chi connectivity index (χ0) is 18.1. The van der Waals surface area contributed by atoms with Gasteiger partial charge < -0.3 is 18.0 Å². The second kappa shape index (κ2) is 7.49. The van der Waals surface area contributed by atoms with Gasteiger partial charge in [0.2, 0.25) is 0 Å². The molecule has 8 heteroatoms. The topological polar surface area (TPSA) is 54.0 Å². The zero-order valence-corrected chi connectivity index (χ0v) is 19.2. The van der Waals surface area contributed by atoms with E-state index < -0.39 is 25.0 Å². The first-order chi connectivity index (χ1) is 10.2. The molecular formula is C15H34O5Si3. The molecule has 3 atom stereocenters. The number of carbonyl (C=O) groups is 1. The Morgan fingerprint density at radius 1 is 1.00 bits per heavy atom. The predicted molar refractivity (Wildman–Crippen MR) is 100 cm³/mol. The standard InChI is InChI=1S/C15H34O5Si3/c1-21(2,3)17-11-13(20-23(7,8)9)15-12(10-14(16)18-15)19-22(4,5)6/h12-13,15H,10-11H2,1-9H3/t12-,13?,15+/m0/s1. The quantitative estimate of drug-likeness (QED) is 0.477. The molecule has 0 spiro atoms. The summed E-state index contributed by atoms with van der Waals surface area (Å²) >= 11 is 0. The maximum absolute atomic E-state index is 11.9. The monoisotopic (exact) mass is 378 g/mol. The minimum Gasteiger partial charge on any atom is -0.457 e. The highest BCUT2D eigenvalue weighted by molar-refractivity contribution is 6.70.